The van der Waals surface area contributed by atoms with E-state index in [1.165, 1.54) is 11.8 Å². The predicted octanol–water partition coefficient (Wildman–Crippen LogP) is 3.55. The van der Waals surface area contributed by atoms with E-state index in [1.807, 2.05) is 0 Å². The SMILES string of the molecule is CC(=O)NCCN1C(=O)C(=O)C(=C(O)c2ccc(Cl)cc2)[C@@H]1c1ccc(Cl)cc1. The van der Waals surface area contributed by atoms with E-state index in [1.54, 1.807) is 48.5 Å². The van der Waals surface area contributed by atoms with Gasteiger partial charge in [-0.3, -0.25) is 14.4 Å². The molecule has 2 aromatic rings. The molecule has 1 atom stereocenters. The summed E-state index contributed by atoms with van der Waals surface area (Å²) in [6.45, 7) is 1.65. The first-order chi connectivity index (χ1) is 13.8. The van der Waals surface area contributed by atoms with E-state index in [9.17, 15) is 19.5 Å². The van der Waals surface area contributed by atoms with Crippen LogP contribution in [0.2, 0.25) is 10.0 Å². The van der Waals surface area contributed by atoms with Crippen LogP contribution in [0.25, 0.3) is 5.76 Å². The number of aliphatic hydroxyl groups is 1. The number of nitrogens with one attached hydrogen (secondary N) is 1. The molecule has 2 aromatic carbocycles. The molecule has 2 N–H and O–H groups in total. The molecule has 29 heavy (non-hydrogen) atoms. The number of Topliss-reactive ketones (excluding diaryl/α,β-unsaturated/α-hetero) is 1. The Balaban J connectivity index is 2.08. The van der Waals surface area contributed by atoms with Gasteiger partial charge in [-0.25, -0.2) is 0 Å². The Hall–Kier alpha value is -2.83. The highest BCUT2D eigenvalue weighted by Gasteiger charge is 2.45. The zero-order valence-corrected chi connectivity index (χ0v) is 17.0. The van der Waals surface area contributed by atoms with Crippen molar-refractivity contribution in [1.82, 2.24) is 10.2 Å². The molecule has 3 rings (SSSR count). The Bertz CT molecular complexity index is 985. The lowest BCUT2D eigenvalue weighted by Crippen LogP contribution is -2.37. The summed E-state index contributed by atoms with van der Waals surface area (Å²) in [7, 11) is 0. The number of rotatable bonds is 5. The van der Waals surface area contributed by atoms with Crippen molar-refractivity contribution in [2.45, 2.75) is 13.0 Å². The van der Waals surface area contributed by atoms with Crippen molar-refractivity contribution in [3.8, 4) is 0 Å². The van der Waals surface area contributed by atoms with Gasteiger partial charge >= 0.3 is 0 Å². The third-order valence-corrected chi connectivity index (χ3v) is 5.07. The second-order valence-corrected chi connectivity index (χ2v) is 7.41. The molecule has 1 saturated heterocycles. The summed E-state index contributed by atoms with van der Waals surface area (Å²) < 4.78 is 0. The molecule has 1 heterocycles. The standard InChI is InChI=1S/C21H18Cl2N2O4/c1-12(26)24-10-11-25-18(13-2-6-15(22)7-3-13)17(20(28)21(25)29)19(27)14-4-8-16(23)9-5-14/h2-9,18,27H,10-11H2,1H3,(H,24,26)/t18-/m0/s1. The summed E-state index contributed by atoms with van der Waals surface area (Å²) in [6, 6.07) is 12.2. The zero-order valence-electron chi connectivity index (χ0n) is 15.5. The average Bonchev–Trinajstić information content (AvgIpc) is 2.93. The van der Waals surface area contributed by atoms with Gasteiger partial charge in [0.15, 0.2) is 0 Å². The first kappa shape index (κ1) is 20.9. The van der Waals surface area contributed by atoms with Crippen molar-refractivity contribution >= 4 is 46.6 Å². The van der Waals surface area contributed by atoms with E-state index in [2.05, 4.69) is 5.32 Å². The van der Waals surface area contributed by atoms with Crippen molar-refractivity contribution in [3.63, 3.8) is 0 Å². The fourth-order valence-corrected chi connectivity index (χ4v) is 3.47. The number of amides is 2. The van der Waals surface area contributed by atoms with Crippen LogP contribution in [0.15, 0.2) is 54.1 Å². The monoisotopic (exact) mass is 432 g/mol. The minimum atomic E-state index is -0.809. The minimum absolute atomic E-state index is 0.0255. The second kappa shape index (κ2) is 8.68. The van der Waals surface area contributed by atoms with E-state index in [0.29, 0.717) is 21.2 Å². The lowest BCUT2D eigenvalue weighted by Gasteiger charge is -2.25. The number of ketones is 1. The predicted molar refractivity (Wildman–Crippen MR) is 111 cm³/mol. The number of hydrogen-bond acceptors (Lipinski definition) is 4. The average molecular weight is 433 g/mol. The number of aliphatic hydroxyl groups excluding tert-OH is 1. The Morgan fingerprint density at radius 3 is 2.14 bits per heavy atom. The quantitative estimate of drug-likeness (QED) is 0.429. The fourth-order valence-electron chi connectivity index (χ4n) is 3.22. The molecule has 0 saturated carbocycles. The van der Waals surface area contributed by atoms with Crippen LogP contribution in [-0.2, 0) is 14.4 Å². The first-order valence-corrected chi connectivity index (χ1v) is 9.59. The van der Waals surface area contributed by atoms with Crippen LogP contribution in [0.1, 0.15) is 24.1 Å². The lowest BCUT2D eigenvalue weighted by molar-refractivity contribution is -0.139. The van der Waals surface area contributed by atoms with Gasteiger partial charge in [-0.2, -0.15) is 0 Å². The highest BCUT2D eigenvalue weighted by molar-refractivity contribution is 6.46. The Morgan fingerprint density at radius 1 is 1.03 bits per heavy atom. The molecule has 8 heteroatoms. The van der Waals surface area contributed by atoms with E-state index in [-0.39, 0.29) is 30.3 Å². The molecule has 6 nitrogen and oxygen atoms in total. The van der Waals surface area contributed by atoms with Gasteiger partial charge in [0.2, 0.25) is 5.91 Å². The summed E-state index contributed by atoms with van der Waals surface area (Å²) in [5.41, 5.74) is 0.961. The van der Waals surface area contributed by atoms with Gasteiger partial charge in [0.25, 0.3) is 11.7 Å². The molecule has 2 amide bonds. The van der Waals surface area contributed by atoms with Gasteiger partial charge < -0.3 is 15.3 Å². The molecule has 0 aliphatic carbocycles. The Labute approximate surface area is 177 Å². The number of halogens is 2. The zero-order chi connectivity index (χ0) is 21.1. The maximum atomic E-state index is 12.8. The Kier molecular flexibility index (Phi) is 6.25. The molecule has 0 radical (unpaired) electrons. The van der Waals surface area contributed by atoms with Gasteiger partial charge in [0, 0.05) is 35.6 Å². The fraction of sp³-hybridized carbons (Fsp3) is 0.190. The molecular weight excluding hydrogens is 415 g/mol. The van der Waals surface area contributed by atoms with E-state index < -0.39 is 17.7 Å². The van der Waals surface area contributed by atoms with Crippen molar-refractivity contribution in [3.05, 3.63) is 75.3 Å². The highest BCUT2D eigenvalue weighted by Crippen LogP contribution is 2.39. The van der Waals surface area contributed by atoms with Crippen LogP contribution in [0.4, 0.5) is 0 Å². The van der Waals surface area contributed by atoms with Crippen LogP contribution >= 0.6 is 23.2 Å². The molecular formula is C21H18Cl2N2O4. The van der Waals surface area contributed by atoms with Crippen molar-refractivity contribution in [1.29, 1.82) is 0 Å². The van der Waals surface area contributed by atoms with Gasteiger partial charge in [0.05, 0.1) is 11.6 Å². The van der Waals surface area contributed by atoms with Crippen LogP contribution in [-0.4, -0.2) is 40.7 Å². The number of likely N-dealkylation sites (tertiary alicyclic amines) is 1. The summed E-state index contributed by atoms with van der Waals surface area (Å²) in [4.78, 5) is 38.0. The van der Waals surface area contributed by atoms with Crippen molar-refractivity contribution < 1.29 is 19.5 Å². The van der Waals surface area contributed by atoms with Crippen molar-refractivity contribution in [2.24, 2.45) is 0 Å². The minimum Gasteiger partial charge on any atom is -0.507 e. The molecule has 150 valence electrons. The summed E-state index contributed by atoms with van der Waals surface area (Å²) in [5, 5.41) is 14.5. The highest BCUT2D eigenvalue weighted by atomic mass is 35.5. The van der Waals surface area contributed by atoms with E-state index >= 15 is 0 Å². The Morgan fingerprint density at radius 2 is 1.59 bits per heavy atom. The van der Waals surface area contributed by atoms with Crippen molar-refractivity contribution in [2.75, 3.05) is 13.1 Å². The third kappa shape index (κ3) is 4.44. The normalized spacial score (nSPS) is 18.2. The molecule has 0 unspecified atom stereocenters. The lowest BCUT2D eigenvalue weighted by atomic mass is 9.95. The molecule has 0 spiro atoms. The molecule has 1 fully saturated rings. The molecule has 1 aliphatic rings. The second-order valence-electron chi connectivity index (χ2n) is 6.53. The smallest absolute Gasteiger partial charge is 0.295 e. The number of benzene rings is 2. The third-order valence-electron chi connectivity index (χ3n) is 4.57. The molecule has 1 aliphatic heterocycles. The van der Waals surface area contributed by atoms with Gasteiger partial charge in [-0.05, 0) is 42.0 Å². The maximum absolute atomic E-state index is 12.8. The first-order valence-electron chi connectivity index (χ1n) is 8.84. The van der Waals surface area contributed by atoms with Gasteiger partial charge in [0.1, 0.15) is 5.76 Å². The van der Waals surface area contributed by atoms with Crippen LogP contribution in [0.5, 0.6) is 0 Å². The van der Waals surface area contributed by atoms with Gasteiger partial charge in [-0.15, -0.1) is 0 Å². The largest absolute Gasteiger partial charge is 0.507 e. The number of carbonyl (C=O) groups excluding carboxylic acids is 3. The van der Waals surface area contributed by atoms with E-state index in [4.69, 9.17) is 23.2 Å². The van der Waals surface area contributed by atoms with Crippen LogP contribution < -0.4 is 5.32 Å². The summed E-state index contributed by atoms with van der Waals surface area (Å²) in [5.74, 6) is -2.07. The number of nitrogens with zero attached hydrogens (tertiary/aromatic N) is 1. The molecule has 0 bridgehead atoms. The topological polar surface area (TPSA) is 86.7 Å². The van der Waals surface area contributed by atoms with E-state index in [0.717, 1.165) is 0 Å². The maximum Gasteiger partial charge on any atom is 0.295 e. The number of hydrogen-bond donors (Lipinski definition) is 2. The van der Waals surface area contributed by atoms with Crippen LogP contribution in [0.3, 0.4) is 0 Å². The summed E-state index contributed by atoms with van der Waals surface area (Å²) >= 11 is 11.9. The van der Waals surface area contributed by atoms with Gasteiger partial charge in [-0.1, -0.05) is 35.3 Å². The molecule has 0 aromatic heterocycles. The summed E-state index contributed by atoms with van der Waals surface area (Å²) in [6.07, 6.45) is 0. The van der Waals surface area contributed by atoms with Crippen LogP contribution in [0, 0.1) is 0 Å². The number of carbonyl (C=O) groups is 3.